The van der Waals surface area contributed by atoms with E-state index < -0.39 is 5.92 Å². The number of nitrogens with zero attached hydrogens (tertiary/aromatic N) is 1. The fourth-order valence-corrected chi connectivity index (χ4v) is 4.67. The molecule has 0 bridgehead atoms. The molecule has 0 aromatic heterocycles. The van der Waals surface area contributed by atoms with Crippen molar-refractivity contribution < 1.29 is 28.5 Å². The van der Waals surface area contributed by atoms with Gasteiger partial charge in [-0.15, -0.1) is 0 Å². The van der Waals surface area contributed by atoms with Crippen LogP contribution in [0.3, 0.4) is 0 Å². The molecule has 1 fully saturated rings. The van der Waals surface area contributed by atoms with E-state index in [2.05, 4.69) is 17.4 Å². The van der Waals surface area contributed by atoms with E-state index in [9.17, 15) is 9.59 Å². The number of carbonyl (C=O) groups is 2. The van der Waals surface area contributed by atoms with E-state index in [1.54, 1.807) is 17.0 Å². The monoisotopic (exact) mass is 454 g/mol. The second-order valence-corrected chi connectivity index (χ2v) is 8.49. The Morgan fingerprint density at radius 3 is 2.39 bits per heavy atom. The highest BCUT2D eigenvalue weighted by molar-refractivity contribution is 6.00. The van der Waals surface area contributed by atoms with E-state index >= 15 is 0 Å². The highest BCUT2D eigenvalue weighted by atomic mass is 16.5. The third kappa shape index (κ3) is 4.29. The number of ether oxygens (including phenoxy) is 4. The van der Waals surface area contributed by atoms with Crippen LogP contribution >= 0.6 is 0 Å². The molecular weight excluding hydrogens is 424 g/mol. The number of carbonyl (C=O) groups excluding carboxylic acids is 2. The smallest absolute Gasteiger partial charge is 0.227 e. The first-order valence-electron chi connectivity index (χ1n) is 11.0. The minimum absolute atomic E-state index is 0.122. The van der Waals surface area contributed by atoms with Gasteiger partial charge in [0.2, 0.25) is 17.6 Å². The van der Waals surface area contributed by atoms with Crippen LogP contribution in [-0.2, 0) is 9.59 Å². The molecule has 0 saturated carbocycles. The largest absolute Gasteiger partial charge is 0.493 e. The average molecular weight is 455 g/mol. The number of fused-ring (bicyclic) bond motifs is 1. The molecule has 176 valence electrons. The van der Waals surface area contributed by atoms with Crippen molar-refractivity contribution in [1.29, 1.82) is 0 Å². The van der Waals surface area contributed by atoms with Gasteiger partial charge >= 0.3 is 0 Å². The molecule has 2 atom stereocenters. The van der Waals surface area contributed by atoms with Gasteiger partial charge in [-0.2, -0.15) is 0 Å². The fraction of sp³-hybridized carbons (Fsp3) is 0.440. The second kappa shape index (κ2) is 9.21. The molecule has 0 radical (unpaired) electrons. The lowest BCUT2D eigenvalue weighted by molar-refractivity contribution is -0.127. The Balaban J connectivity index is 1.52. The van der Waals surface area contributed by atoms with Gasteiger partial charge in [0.1, 0.15) is 5.75 Å². The number of aryl methyl sites for hydroxylation is 2. The summed E-state index contributed by atoms with van der Waals surface area (Å²) < 4.78 is 22.0. The summed E-state index contributed by atoms with van der Waals surface area (Å²) >= 11 is 0. The maximum atomic E-state index is 13.2. The molecule has 33 heavy (non-hydrogen) atoms. The number of hydrogen-bond acceptors (Lipinski definition) is 6. The van der Waals surface area contributed by atoms with Gasteiger partial charge in [0, 0.05) is 37.1 Å². The van der Waals surface area contributed by atoms with Crippen LogP contribution in [-0.4, -0.2) is 46.3 Å². The molecular formula is C25H30N2O6. The number of amides is 2. The molecule has 8 heteroatoms. The average Bonchev–Trinajstić information content (AvgIpc) is 3.20. The van der Waals surface area contributed by atoms with Gasteiger partial charge < -0.3 is 29.2 Å². The van der Waals surface area contributed by atoms with E-state index in [4.69, 9.17) is 18.9 Å². The van der Waals surface area contributed by atoms with E-state index in [1.807, 2.05) is 13.8 Å². The Hall–Kier alpha value is -3.42. The summed E-state index contributed by atoms with van der Waals surface area (Å²) in [6.07, 6.45) is 0.838. The number of nitrogens with one attached hydrogen (secondary N) is 1. The number of hydrogen-bond donors (Lipinski definition) is 1. The summed E-state index contributed by atoms with van der Waals surface area (Å²) in [6.45, 7) is 4.88. The molecule has 2 amide bonds. The van der Waals surface area contributed by atoms with Crippen LogP contribution in [0.25, 0.3) is 0 Å². The lowest BCUT2D eigenvalue weighted by Crippen LogP contribution is -2.37. The minimum Gasteiger partial charge on any atom is -0.493 e. The van der Waals surface area contributed by atoms with E-state index in [0.717, 1.165) is 22.4 Å². The van der Waals surface area contributed by atoms with Crippen LogP contribution in [0.15, 0.2) is 24.3 Å². The first kappa shape index (κ1) is 22.8. The van der Waals surface area contributed by atoms with Gasteiger partial charge in [-0.3, -0.25) is 9.59 Å². The summed E-state index contributed by atoms with van der Waals surface area (Å²) in [5, 5.41) is 3.16. The van der Waals surface area contributed by atoms with E-state index in [1.165, 1.54) is 21.3 Å². The molecule has 2 aromatic carbocycles. The maximum Gasteiger partial charge on any atom is 0.227 e. The van der Waals surface area contributed by atoms with E-state index in [0.29, 0.717) is 36.0 Å². The van der Waals surface area contributed by atoms with Gasteiger partial charge in [0.15, 0.2) is 11.5 Å². The topological polar surface area (TPSA) is 86.3 Å². The van der Waals surface area contributed by atoms with Crippen LogP contribution in [0.5, 0.6) is 23.0 Å². The second-order valence-electron chi connectivity index (χ2n) is 8.49. The summed E-state index contributed by atoms with van der Waals surface area (Å²) in [5.41, 5.74) is 3.79. The van der Waals surface area contributed by atoms with Crippen molar-refractivity contribution in [1.82, 2.24) is 5.32 Å². The van der Waals surface area contributed by atoms with Gasteiger partial charge in [-0.05, 0) is 19.4 Å². The number of methoxy groups -OCH3 is 3. The molecule has 2 unspecified atom stereocenters. The summed E-state index contributed by atoms with van der Waals surface area (Å²) in [5.74, 6) is 1.51. The Morgan fingerprint density at radius 2 is 1.76 bits per heavy atom. The molecule has 0 aliphatic carbocycles. The highest BCUT2D eigenvalue weighted by Gasteiger charge is 2.37. The molecule has 2 heterocycles. The highest BCUT2D eigenvalue weighted by Crippen LogP contribution is 2.42. The Bertz CT molecular complexity index is 1060. The van der Waals surface area contributed by atoms with Crippen LogP contribution in [0.2, 0.25) is 0 Å². The zero-order valence-electron chi connectivity index (χ0n) is 19.7. The van der Waals surface area contributed by atoms with Crippen molar-refractivity contribution in [3.05, 3.63) is 41.0 Å². The zero-order chi connectivity index (χ0) is 23.7. The zero-order valence-corrected chi connectivity index (χ0v) is 19.7. The maximum absolute atomic E-state index is 13.2. The Morgan fingerprint density at radius 1 is 1.06 bits per heavy atom. The van der Waals surface area contributed by atoms with Crippen molar-refractivity contribution in [3.63, 3.8) is 0 Å². The molecule has 1 N–H and O–H groups in total. The predicted molar refractivity (Wildman–Crippen MR) is 123 cm³/mol. The van der Waals surface area contributed by atoms with E-state index in [-0.39, 0.29) is 30.8 Å². The number of benzene rings is 2. The van der Waals surface area contributed by atoms with Crippen molar-refractivity contribution in [2.45, 2.75) is 32.7 Å². The van der Waals surface area contributed by atoms with Crippen molar-refractivity contribution >= 4 is 17.5 Å². The Kier molecular flexibility index (Phi) is 6.35. The van der Waals surface area contributed by atoms with Gasteiger partial charge in [-0.25, -0.2) is 0 Å². The summed E-state index contributed by atoms with van der Waals surface area (Å²) in [4.78, 5) is 27.6. The minimum atomic E-state index is -0.450. The van der Waals surface area contributed by atoms with Gasteiger partial charge in [-0.1, -0.05) is 17.7 Å². The molecule has 0 spiro atoms. The predicted octanol–water partition coefficient (Wildman–Crippen LogP) is 3.32. The molecule has 2 aromatic rings. The van der Waals surface area contributed by atoms with Crippen molar-refractivity contribution in [2.24, 2.45) is 5.92 Å². The third-order valence-corrected chi connectivity index (χ3v) is 6.25. The number of anilines is 1. The lowest BCUT2D eigenvalue weighted by atomic mass is 9.95. The van der Waals surface area contributed by atoms with Gasteiger partial charge in [0.25, 0.3) is 0 Å². The first-order valence-corrected chi connectivity index (χ1v) is 11.0. The third-order valence-electron chi connectivity index (χ3n) is 6.25. The standard InChI is InChI=1S/C25H30N2O6/c1-14-8-15(2)23-18(9-14)19(6-7-33-23)26-25(29)16-10-22(28)27(13-16)17-11-20(30-3)24(32-5)21(12-17)31-4/h8-9,11-12,16,19H,6-7,10,13H2,1-5H3,(H,26,29). The SMILES string of the molecule is COc1cc(N2CC(C(=O)NC3CCOc4c(C)cc(C)cc43)CC2=O)cc(OC)c1OC. The summed E-state index contributed by atoms with van der Waals surface area (Å²) in [7, 11) is 4.58. The van der Waals surface area contributed by atoms with Crippen LogP contribution in [0, 0.1) is 19.8 Å². The van der Waals surface area contributed by atoms with Crippen LogP contribution in [0.1, 0.15) is 35.6 Å². The van der Waals surface area contributed by atoms with Crippen LogP contribution < -0.4 is 29.2 Å². The van der Waals surface area contributed by atoms with Crippen molar-refractivity contribution in [2.75, 3.05) is 39.4 Å². The molecule has 2 aliphatic heterocycles. The fourth-order valence-electron chi connectivity index (χ4n) is 4.67. The molecule has 1 saturated heterocycles. The Labute approximate surface area is 193 Å². The number of rotatable bonds is 6. The van der Waals surface area contributed by atoms with Crippen molar-refractivity contribution in [3.8, 4) is 23.0 Å². The normalized spacial score (nSPS) is 19.5. The molecule has 4 rings (SSSR count). The first-order chi connectivity index (χ1) is 15.9. The summed E-state index contributed by atoms with van der Waals surface area (Å²) in [6, 6.07) is 7.45. The molecule has 2 aliphatic rings. The van der Waals surface area contributed by atoms with Crippen LogP contribution in [0.4, 0.5) is 5.69 Å². The quantitative estimate of drug-likeness (QED) is 0.721. The molecule has 8 nitrogen and oxygen atoms in total. The lowest BCUT2D eigenvalue weighted by Gasteiger charge is -2.29. The van der Waals surface area contributed by atoms with Gasteiger partial charge in [0.05, 0.1) is 45.6 Å².